The third-order valence-electron chi connectivity index (χ3n) is 4.74. The van der Waals surface area contributed by atoms with Crippen LogP contribution in [0.25, 0.3) is 21.9 Å². The summed E-state index contributed by atoms with van der Waals surface area (Å²) in [6.45, 7) is 4.87. The summed E-state index contributed by atoms with van der Waals surface area (Å²) in [4.78, 5) is 0. The van der Waals surface area contributed by atoms with E-state index >= 15 is 0 Å². The monoisotopic (exact) mass is 344 g/mol. The van der Waals surface area contributed by atoms with E-state index in [0.29, 0.717) is 6.61 Å². The molecule has 0 aliphatic heterocycles. The average Bonchev–Trinajstić information content (AvgIpc) is 2.68. The molecular weight excluding hydrogens is 316 g/mol. The number of ether oxygens (including phenoxy) is 1. The van der Waals surface area contributed by atoms with Gasteiger partial charge in [0.1, 0.15) is 12.4 Å². The summed E-state index contributed by atoms with van der Waals surface area (Å²) in [5.41, 5.74) is 3.91. The van der Waals surface area contributed by atoms with Crippen molar-refractivity contribution in [2.45, 2.75) is 39.5 Å². The van der Waals surface area contributed by atoms with E-state index in [-0.39, 0.29) is 0 Å². The molecule has 0 saturated carbocycles. The first-order chi connectivity index (χ1) is 12.8. The number of allylic oxidation sites excluding steroid dienone is 1. The number of hydrogen-bond donors (Lipinski definition) is 0. The molecular formula is C25H28O. The molecule has 0 aliphatic carbocycles. The Bertz CT molecular complexity index is 859. The molecule has 3 aromatic carbocycles. The fraction of sp³-hybridized carbons (Fsp3) is 0.280. The number of unbranched alkanes of at least 4 members (excludes halogenated alkanes) is 2. The van der Waals surface area contributed by atoms with Crippen LogP contribution >= 0.6 is 0 Å². The standard InChI is InChI=1S/C25H28O/c1-3-5-7-8-20-9-10-24-19-23(12-11-22(24)18-20)21-13-15-25(16-14-21)26-17-6-4-2/h4,6,9-16,18-19H,3,5,7-8,17H2,1-2H3. The maximum absolute atomic E-state index is 5.67. The Morgan fingerprint density at radius 1 is 0.808 bits per heavy atom. The van der Waals surface area contributed by atoms with Gasteiger partial charge >= 0.3 is 0 Å². The molecule has 0 amide bonds. The van der Waals surface area contributed by atoms with Crippen molar-refractivity contribution in [1.29, 1.82) is 0 Å². The summed E-state index contributed by atoms with van der Waals surface area (Å²) in [5, 5.41) is 2.63. The van der Waals surface area contributed by atoms with Crippen LogP contribution in [0.4, 0.5) is 0 Å². The third kappa shape index (κ3) is 4.76. The van der Waals surface area contributed by atoms with E-state index in [1.807, 2.05) is 31.2 Å². The summed E-state index contributed by atoms with van der Waals surface area (Å²) in [5.74, 6) is 0.907. The van der Waals surface area contributed by atoms with Gasteiger partial charge in [-0.15, -0.1) is 0 Å². The Balaban J connectivity index is 1.75. The lowest BCUT2D eigenvalue weighted by Gasteiger charge is -2.08. The zero-order chi connectivity index (χ0) is 18.2. The zero-order valence-electron chi connectivity index (χ0n) is 15.9. The van der Waals surface area contributed by atoms with E-state index in [0.717, 1.165) is 5.75 Å². The van der Waals surface area contributed by atoms with E-state index in [4.69, 9.17) is 4.74 Å². The van der Waals surface area contributed by atoms with Crippen LogP contribution in [0.2, 0.25) is 0 Å². The largest absolute Gasteiger partial charge is 0.490 e. The smallest absolute Gasteiger partial charge is 0.119 e. The minimum Gasteiger partial charge on any atom is -0.490 e. The minimum atomic E-state index is 0.617. The van der Waals surface area contributed by atoms with Crippen LogP contribution in [0.15, 0.2) is 72.8 Å². The van der Waals surface area contributed by atoms with Crippen molar-refractivity contribution >= 4 is 10.8 Å². The van der Waals surface area contributed by atoms with E-state index < -0.39 is 0 Å². The molecule has 0 N–H and O–H groups in total. The summed E-state index contributed by atoms with van der Waals surface area (Å²) in [6, 6.07) is 22.0. The average molecular weight is 344 g/mol. The molecule has 0 unspecified atom stereocenters. The highest BCUT2D eigenvalue weighted by Crippen LogP contribution is 2.27. The van der Waals surface area contributed by atoms with Gasteiger partial charge in [-0.3, -0.25) is 0 Å². The first-order valence-electron chi connectivity index (χ1n) is 9.67. The van der Waals surface area contributed by atoms with Crippen LogP contribution in [0, 0.1) is 0 Å². The number of rotatable bonds is 8. The maximum atomic E-state index is 5.67. The molecule has 134 valence electrons. The molecule has 0 spiro atoms. The van der Waals surface area contributed by atoms with Crippen LogP contribution in [0.3, 0.4) is 0 Å². The van der Waals surface area contributed by atoms with E-state index in [2.05, 4.69) is 55.5 Å². The second kappa shape index (κ2) is 9.24. The fourth-order valence-electron chi connectivity index (χ4n) is 3.19. The van der Waals surface area contributed by atoms with Crippen LogP contribution in [0.1, 0.15) is 38.7 Å². The SMILES string of the molecule is CC=CCOc1ccc(-c2ccc3cc(CCCCC)ccc3c2)cc1. The first-order valence-corrected chi connectivity index (χ1v) is 9.67. The van der Waals surface area contributed by atoms with Gasteiger partial charge in [0.25, 0.3) is 0 Å². The molecule has 0 fully saturated rings. The van der Waals surface area contributed by atoms with Gasteiger partial charge in [0.2, 0.25) is 0 Å². The van der Waals surface area contributed by atoms with E-state index in [9.17, 15) is 0 Å². The molecule has 0 aliphatic rings. The van der Waals surface area contributed by atoms with Gasteiger partial charge in [0, 0.05) is 0 Å². The molecule has 0 atom stereocenters. The highest BCUT2D eigenvalue weighted by Gasteiger charge is 2.02. The van der Waals surface area contributed by atoms with Crippen LogP contribution < -0.4 is 4.74 Å². The molecule has 1 heteroatoms. The Hall–Kier alpha value is -2.54. The second-order valence-corrected chi connectivity index (χ2v) is 6.76. The molecule has 3 rings (SSSR count). The number of hydrogen-bond acceptors (Lipinski definition) is 1. The topological polar surface area (TPSA) is 9.23 Å². The molecule has 0 bridgehead atoms. The molecule has 1 nitrogen and oxygen atoms in total. The highest BCUT2D eigenvalue weighted by atomic mass is 16.5. The van der Waals surface area contributed by atoms with Crippen molar-refractivity contribution in [2.24, 2.45) is 0 Å². The zero-order valence-corrected chi connectivity index (χ0v) is 15.9. The van der Waals surface area contributed by atoms with Gasteiger partial charge in [-0.05, 0) is 65.4 Å². The third-order valence-corrected chi connectivity index (χ3v) is 4.74. The van der Waals surface area contributed by atoms with Crippen LogP contribution in [0.5, 0.6) is 5.75 Å². The normalized spacial score (nSPS) is 11.3. The second-order valence-electron chi connectivity index (χ2n) is 6.76. The minimum absolute atomic E-state index is 0.617. The molecule has 26 heavy (non-hydrogen) atoms. The Kier molecular flexibility index (Phi) is 6.49. The molecule has 0 radical (unpaired) electrons. The Labute approximate surface area is 157 Å². The van der Waals surface area contributed by atoms with Crippen molar-refractivity contribution in [1.82, 2.24) is 0 Å². The number of benzene rings is 3. The van der Waals surface area contributed by atoms with Gasteiger partial charge in [0.05, 0.1) is 0 Å². The van der Waals surface area contributed by atoms with Gasteiger partial charge in [0.15, 0.2) is 0 Å². The lowest BCUT2D eigenvalue weighted by Crippen LogP contribution is -1.92. The Morgan fingerprint density at radius 3 is 2.31 bits per heavy atom. The van der Waals surface area contributed by atoms with Gasteiger partial charge in [-0.2, -0.15) is 0 Å². The van der Waals surface area contributed by atoms with Crippen LogP contribution in [-0.4, -0.2) is 6.61 Å². The van der Waals surface area contributed by atoms with Crippen molar-refractivity contribution in [2.75, 3.05) is 6.61 Å². The summed E-state index contributed by atoms with van der Waals surface area (Å²) in [6.07, 6.45) is 9.05. The predicted molar refractivity (Wildman–Crippen MR) is 113 cm³/mol. The Morgan fingerprint density at radius 2 is 1.54 bits per heavy atom. The van der Waals surface area contributed by atoms with Gasteiger partial charge < -0.3 is 4.74 Å². The highest BCUT2D eigenvalue weighted by molar-refractivity contribution is 5.87. The molecule has 0 saturated heterocycles. The number of aryl methyl sites for hydroxylation is 1. The van der Waals surface area contributed by atoms with E-state index in [1.54, 1.807) is 0 Å². The van der Waals surface area contributed by atoms with Crippen molar-refractivity contribution < 1.29 is 4.74 Å². The quantitative estimate of drug-likeness (QED) is 0.310. The van der Waals surface area contributed by atoms with E-state index in [1.165, 1.54) is 53.1 Å². The molecule has 3 aromatic rings. The molecule has 0 heterocycles. The van der Waals surface area contributed by atoms with Crippen molar-refractivity contribution in [3.05, 3.63) is 78.4 Å². The maximum Gasteiger partial charge on any atom is 0.119 e. The van der Waals surface area contributed by atoms with Crippen molar-refractivity contribution in [3.8, 4) is 16.9 Å². The summed E-state index contributed by atoms with van der Waals surface area (Å²) < 4.78 is 5.67. The summed E-state index contributed by atoms with van der Waals surface area (Å²) in [7, 11) is 0. The number of fused-ring (bicyclic) bond motifs is 1. The van der Waals surface area contributed by atoms with Gasteiger partial charge in [-0.1, -0.05) is 74.4 Å². The predicted octanol–water partition coefficient (Wildman–Crippen LogP) is 7.19. The fourth-order valence-corrected chi connectivity index (χ4v) is 3.19. The lowest BCUT2D eigenvalue weighted by molar-refractivity contribution is 0.363. The van der Waals surface area contributed by atoms with Gasteiger partial charge in [-0.25, -0.2) is 0 Å². The summed E-state index contributed by atoms with van der Waals surface area (Å²) >= 11 is 0. The van der Waals surface area contributed by atoms with Crippen LogP contribution in [-0.2, 0) is 6.42 Å². The molecule has 0 aromatic heterocycles. The first kappa shape index (κ1) is 18.3. The lowest BCUT2D eigenvalue weighted by atomic mass is 9.98. The van der Waals surface area contributed by atoms with Crippen molar-refractivity contribution in [3.63, 3.8) is 0 Å².